The Morgan fingerprint density at radius 2 is 2.27 bits per heavy atom. The van der Waals surface area contributed by atoms with Crippen LogP contribution in [-0.2, 0) is 11.2 Å². The number of carbonyl (C=O) groups is 1. The molecule has 0 amide bonds. The summed E-state index contributed by atoms with van der Waals surface area (Å²) in [5, 5.41) is 9.37. The first-order valence-electron chi connectivity index (χ1n) is 4.49. The monoisotopic (exact) mass is 219 g/mol. The second kappa shape index (κ2) is 4.23. The average molecular weight is 219 g/mol. The maximum Gasteiger partial charge on any atom is 0.327 e. The van der Waals surface area contributed by atoms with E-state index in [0.29, 0.717) is 6.42 Å². The molecule has 4 heteroatoms. The van der Waals surface area contributed by atoms with Gasteiger partial charge >= 0.3 is 5.97 Å². The zero-order valence-corrected chi connectivity index (χ0v) is 8.70. The van der Waals surface area contributed by atoms with Gasteiger partial charge in [-0.05, 0) is 12.1 Å². The number of fused-ring (bicyclic) bond motifs is 1. The molecule has 2 rings (SSSR count). The minimum Gasteiger partial charge on any atom is -0.478 e. The van der Waals surface area contributed by atoms with Gasteiger partial charge in [-0.3, -0.25) is 0 Å². The van der Waals surface area contributed by atoms with Crippen molar-refractivity contribution in [2.24, 2.45) is 0 Å². The van der Waals surface area contributed by atoms with Gasteiger partial charge in [0, 0.05) is 12.5 Å². The van der Waals surface area contributed by atoms with E-state index in [0.717, 1.165) is 21.3 Å². The van der Waals surface area contributed by atoms with Crippen LogP contribution in [0.5, 0.6) is 0 Å². The van der Waals surface area contributed by atoms with Gasteiger partial charge in [-0.1, -0.05) is 18.2 Å². The van der Waals surface area contributed by atoms with Crippen LogP contribution < -0.4 is 0 Å². The highest BCUT2D eigenvalue weighted by Crippen LogP contribution is 2.21. The Morgan fingerprint density at radius 1 is 1.47 bits per heavy atom. The van der Waals surface area contributed by atoms with Crippen molar-refractivity contribution in [2.75, 3.05) is 0 Å². The van der Waals surface area contributed by atoms with E-state index in [1.807, 2.05) is 24.3 Å². The molecule has 0 aliphatic rings. The van der Waals surface area contributed by atoms with E-state index < -0.39 is 5.97 Å². The summed E-state index contributed by atoms with van der Waals surface area (Å²) in [7, 11) is 0. The lowest BCUT2D eigenvalue weighted by molar-refractivity contribution is -0.131. The second-order valence-corrected chi connectivity index (χ2v) is 4.14. The Labute approximate surface area is 90.7 Å². The van der Waals surface area contributed by atoms with Crippen LogP contribution in [0.3, 0.4) is 0 Å². The largest absolute Gasteiger partial charge is 0.478 e. The summed E-state index contributed by atoms with van der Waals surface area (Å²) < 4.78 is 1.14. The van der Waals surface area contributed by atoms with E-state index in [1.165, 1.54) is 0 Å². The van der Waals surface area contributed by atoms with Gasteiger partial charge in [0.05, 0.1) is 15.2 Å². The van der Waals surface area contributed by atoms with Crippen molar-refractivity contribution in [3.8, 4) is 0 Å². The van der Waals surface area contributed by atoms with E-state index in [1.54, 1.807) is 17.4 Å². The molecule has 76 valence electrons. The number of carboxylic acid groups (broad SMARTS) is 1. The van der Waals surface area contributed by atoms with Crippen molar-refractivity contribution in [1.29, 1.82) is 0 Å². The number of aromatic nitrogens is 1. The van der Waals surface area contributed by atoms with Crippen LogP contribution in [-0.4, -0.2) is 16.1 Å². The molecule has 0 spiro atoms. The Hall–Kier alpha value is -1.68. The van der Waals surface area contributed by atoms with Crippen molar-refractivity contribution in [3.63, 3.8) is 0 Å². The molecule has 0 bridgehead atoms. The number of carboxylic acids is 1. The third kappa shape index (κ3) is 2.41. The highest BCUT2D eigenvalue weighted by Gasteiger charge is 2.00. The normalized spacial score (nSPS) is 11.2. The molecule has 0 fully saturated rings. The number of aliphatic carboxylic acids is 1. The van der Waals surface area contributed by atoms with Gasteiger partial charge in [-0.2, -0.15) is 0 Å². The first-order chi connectivity index (χ1) is 7.25. The number of hydrogen-bond acceptors (Lipinski definition) is 3. The molecule has 0 aliphatic carbocycles. The quantitative estimate of drug-likeness (QED) is 0.807. The zero-order chi connectivity index (χ0) is 10.7. The predicted octanol–water partition coefficient (Wildman–Crippen LogP) is 2.48. The number of rotatable bonds is 3. The minimum atomic E-state index is -0.920. The van der Waals surface area contributed by atoms with Crippen LogP contribution in [0.15, 0.2) is 36.4 Å². The zero-order valence-electron chi connectivity index (χ0n) is 7.88. The lowest BCUT2D eigenvalue weighted by Crippen LogP contribution is -1.87. The summed E-state index contributed by atoms with van der Waals surface area (Å²) in [6.45, 7) is 0. The summed E-state index contributed by atoms with van der Waals surface area (Å²) in [6, 6.07) is 7.88. The molecule has 0 aliphatic heterocycles. The highest BCUT2D eigenvalue weighted by molar-refractivity contribution is 7.18. The fraction of sp³-hybridized carbons (Fsp3) is 0.0909. The van der Waals surface area contributed by atoms with Gasteiger partial charge in [-0.25, -0.2) is 9.78 Å². The molecule has 1 aromatic carbocycles. The number of nitrogens with zero attached hydrogens (tertiary/aromatic N) is 1. The Kier molecular flexibility index (Phi) is 2.78. The minimum absolute atomic E-state index is 0.575. The summed E-state index contributed by atoms with van der Waals surface area (Å²) in [5.41, 5.74) is 0.973. The average Bonchev–Trinajstić information content (AvgIpc) is 2.59. The van der Waals surface area contributed by atoms with E-state index >= 15 is 0 Å². The Bertz CT molecular complexity index is 483. The maximum atomic E-state index is 10.3. The number of hydrogen-bond donors (Lipinski definition) is 1. The lowest BCUT2D eigenvalue weighted by Gasteiger charge is -1.84. The van der Waals surface area contributed by atoms with Crippen molar-refractivity contribution in [3.05, 3.63) is 41.4 Å². The molecule has 1 aromatic heterocycles. The topological polar surface area (TPSA) is 50.2 Å². The summed E-state index contributed by atoms with van der Waals surface area (Å²) in [6.07, 6.45) is 3.33. The van der Waals surface area contributed by atoms with Gasteiger partial charge in [-0.15, -0.1) is 11.3 Å². The molecule has 1 N–H and O–H groups in total. The van der Waals surface area contributed by atoms with Gasteiger partial charge in [0.25, 0.3) is 0 Å². The molecule has 0 atom stereocenters. The van der Waals surface area contributed by atoms with Crippen LogP contribution in [0, 0.1) is 0 Å². The van der Waals surface area contributed by atoms with Crippen molar-refractivity contribution in [2.45, 2.75) is 6.42 Å². The van der Waals surface area contributed by atoms with Crippen LogP contribution >= 0.6 is 11.3 Å². The third-order valence-electron chi connectivity index (χ3n) is 1.89. The summed E-state index contributed by atoms with van der Waals surface area (Å²) >= 11 is 1.59. The number of para-hydroxylation sites is 1. The molecule has 15 heavy (non-hydrogen) atoms. The van der Waals surface area contributed by atoms with Crippen LogP contribution in [0.4, 0.5) is 0 Å². The van der Waals surface area contributed by atoms with Crippen molar-refractivity contribution >= 4 is 27.5 Å². The van der Waals surface area contributed by atoms with E-state index in [9.17, 15) is 4.79 Å². The van der Waals surface area contributed by atoms with E-state index in [2.05, 4.69) is 4.98 Å². The van der Waals surface area contributed by atoms with Crippen LogP contribution in [0.25, 0.3) is 10.2 Å². The third-order valence-corrected chi connectivity index (χ3v) is 2.95. The molecule has 0 radical (unpaired) electrons. The molecule has 3 nitrogen and oxygen atoms in total. The maximum absolute atomic E-state index is 10.3. The lowest BCUT2D eigenvalue weighted by atomic mass is 10.3. The number of thiazole rings is 1. The first-order valence-corrected chi connectivity index (χ1v) is 5.31. The predicted molar refractivity (Wildman–Crippen MR) is 60.1 cm³/mol. The van der Waals surface area contributed by atoms with E-state index in [-0.39, 0.29) is 0 Å². The molecular formula is C11H9NO2S. The molecule has 2 aromatic rings. The number of allylic oxidation sites excluding steroid dienone is 1. The van der Waals surface area contributed by atoms with Gasteiger partial charge < -0.3 is 5.11 Å². The molecular weight excluding hydrogens is 210 g/mol. The molecule has 1 heterocycles. The standard InChI is InChI=1S/C11H9NO2S/c13-11(14)7-3-6-10-12-8-4-1-2-5-9(8)15-10/h1-5,7H,6H2,(H,13,14)/b7-3+. The van der Waals surface area contributed by atoms with Gasteiger partial charge in [0.1, 0.15) is 0 Å². The van der Waals surface area contributed by atoms with Crippen molar-refractivity contribution in [1.82, 2.24) is 4.98 Å². The molecule has 0 unspecified atom stereocenters. The van der Waals surface area contributed by atoms with E-state index in [4.69, 9.17) is 5.11 Å². The SMILES string of the molecule is O=C(O)/C=C/Cc1nc2ccccc2s1. The first kappa shape index (κ1) is 9.86. The van der Waals surface area contributed by atoms with Crippen molar-refractivity contribution < 1.29 is 9.90 Å². The summed E-state index contributed by atoms with van der Waals surface area (Å²) in [5.74, 6) is -0.920. The summed E-state index contributed by atoms with van der Waals surface area (Å²) in [4.78, 5) is 14.6. The van der Waals surface area contributed by atoms with Crippen LogP contribution in [0.1, 0.15) is 5.01 Å². The Balaban J connectivity index is 2.19. The molecule has 0 saturated carbocycles. The fourth-order valence-corrected chi connectivity index (χ4v) is 2.21. The Morgan fingerprint density at radius 3 is 3.00 bits per heavy atom. The number of benzene rings is 1. The van der Waals surface area contributed by atoms with Crippen LogP contribution in [0.2, 0.25) is 0 Å². The van der Waals surface area contributed by atoms with Gasteiger partial charge in [0.15, 0.2) is 0 Å². The highest BCUT2D eigenvalue weighted by atomic mass is 32.1. The fourth-order valence-electron chi connectivity index (χ4n) is 1.27. The smallest absolute Gasteiger partial charge is 0.327 e. The van der Waals surface area contributed by atoms with Gasteiger partial charge in [0.2, 0.25) is 0 Å². The second-order valence-electron chi connectivity index (χ2n) is 3.02. The molecule has 0 saturated heterocycles.